The zero-order valence-corrected chi connectivity index (χ0v) is 15.2. The minimum absolute atomic E-state index is 0.125. The summed E-state index contributed by atoms with van der Waals surface area (Å²) in [5.74, 6) is 1.92. The van der Waals surface area contributed by atoms with Gasteiger partial charge in [0.25, 0.3) is 0 Å². The summed E-state index contributed by atoms with van der Waals surface area (Å²) in [5.41, 5.74) is 0. The van der Waals surface area contributed by atoms with Crippen LogP contribution in [0.4, 0.5) is 0 Å². The molecule has 6 nitrogen and oxygen atoms in total. The molecule has 25 heavy (non-hydrogen) atoms. The molecule has 3 aliphatic heterocycles. The Morgan fingerprint density at radius 1 is 0.960 bits per heavy atom. The van der Waals surface area contributed by atoms with E-state index in [0.717, 1.165) is 51.0 Å². The summed E-state index contributed by atoms with van der Waals surface area (Å²) < 4.78 is 0. The van der Waals surface area contributed by atoms with Crippen LogP contribution in [-0.2, 0) is 4.79 Å². The molecule has 0 radical (unpaired) electrons. The number of hydrogen-bond donors (Lipinski definition) is 1. The summed E-state index contributed by atoms with van der Waals surface area (Å²) >= 11 is 0. The lowest BCUT2D eigenvalue weighted by Gasteiger charge is -2.49. The van der Waals surface area contributed by atoms with E-state index in [4.69, 9.17) is 5.26 Å². The Bertz CT molecular complexity index is 518. The molecule has 1 saturated carbocycles. The van der Waals surface area contributed by atoms with Crippen LogP contribution >= 0.6 is 0 Å². The zero-order chi connectivity index (χ0) is 17.2. The van der Waals surface area contributed by atoms with Crippen molar-refractivity contribution in [3.63, 3.8) is 0 Å². The highest BCUT2D eigenvalue weighted by Gasteiger charge is 2.42. The lowest BCUT2D eigenvalue weighted by Crippen LogP contribution is -2.67. The van der Waals surface area contributed by atoms with Crippen molar-refractivity contribution in [2.24, 2.45) is 11.8 Å². The lowest BCUT2D eigenvalue weighted by atomic mass is 9.76. The number of rotatable bonds is 2. The molecule has 0 aromatic rings. The van der Waals surface area contributed by atoms with Gasteiger partial charge in [-0.3, -0.25) is 15.0 Å². The Morgan fingerprint density at radius 3 is 2.48 bits per heavy atom. The Hall–Kier alpha value is -1.32. The number of carbonyl (C=O) groups is 1. The van der Waals surface area contributed by atoms with Crippen molar-refractivity contribution in [3.05, 3.63) is 0 Å². The Labute approximate surface area is 151 Å². The normalized spacial score (nSPS) is 35.3. The molecule has 4 rings (SSSR count). The van der Waals surface area contributed by atoms with E-state index < -0.39 is 0 Å². The van der Waals surface area contributed by atoms with Gasteiger partial charge in [-0.1, -0.05) is 32.1 Å². The fourth-order valence-corrected chi connectivity index (χ4v) is 5.40. The fourth-order valence-electron chi connectivity index (χ4n) is 5.40. The monoisotopic (exact) mass is 345 g/mol. The molecule has 1 N–H and O–H groups in total. The van der Waals surface area contributed by atoms with Crippen LogP contribution in [0.25, 0.3) is 0 Å². The van der Waals surface area contributed by atoms with Gasteiger partial charge in [0.05, 0.1) is 12.7 Å². The highest BCUT2D eigenvalue weighted by molar-refractivity contribution is 5.83. The fraction of sp³-hybridized carbons (Fsp3) is 0.895. The number of fused-ring (bicyclic) bond motifs is 1. The van der Waals surface area contributed by atoms with E-state index in [1.807, 2.05) is 0 Å². The van der Waals surface area contributed by atoms with E-state index in [1.54, 1.807) is 4.90 Å². The van der Waals surface area contributed by atoms with Crippen LogP contribution < -0.4 is 5.32 Å². The molecule has 3 saturated heterocycles. The van der Waals surface area contributed by atoms with Crippen LogP contribution in [0.15, 0.2) is 0 Å². The summed E-state index contributed by atoms with van der Waals surface area (Å²) in [7, 11) is 0. The maximum atomic E-state index is 13.0. The maximum Gasteiger partial charge on any atom is 0.243 e. The Balaban J connectivity index is 1.33. The van der Waals surface area contributed by atoms with Crippen molar-refractivity contribution in [2.75, 3.05) is 39.3 Å². The van der Waals surface area contributed by atoms with E-state index in [-0.39, 0.29) is 18.1 Å². The molecular formula is C19H31N5O. The van der Waals surface area contributed by atoms with Gasteiger partial charge in [0.2, 0.25) is 5.91 Å². The lowest BCUT2D eigenvalue weighted by molar-refractivity contribution is -0.149. The molecule has 3 atom stereocenters. The second-order valence-corrected chi connectivity index (χ2v) is 8.29. The highest BCUT2D eigenvalue weighted by atomic mass is 16.2. The predicted molar refractivity (Wildman–Crippen MR) is 95.3 cm³/mol. The summed E-state index contributed by atoms with van der Waals surface area (Å²) in [5, 5.41) is 12.9. The number of hydrogen-bond acceptors (Lipinski definition) is 5. The second-order valence-electron chi connectivity index (χ2n) is 8.29. The molecular weight excluding hydrogens is 314 g/mol. The summed E-state index contributed by atoms with van der Waals surface area (Å²) in [4.78, 5) is 19.1. The molecule has 6 heteroatoms. The van der Waals surface area contributed by atoms with Crippen LogP contribution in [0.1, 0.15) is 44.9 Å². The standard InChI is InChI=1S/C19H31N5O/c20-14-22-8-9-23-10-11-24(19(25)17(23)13-22)18-7-6-16(12-21-18)15-4-2-1-3-5-15/h15-18,21H,1-13H2/t16?,17-,18?/m1/s1. The summed E-state index contributed by atoms with van der Waals surface area (Å²) in [6.45, 7) is 4.99. The van der Waals surface area contributed by atoms with Crippen molar-refractivity contribution >= 4 is 5.91 Å². The summed E-state index contributed by atoms with van der Waals surface area (Å²) in [6.07, 6.45) is 11.8. The SMILES string of the molecule is N#CN1CCN2CCN(C3CCC(C4CCCCC4)CN3)C(=O)[C@H]2C1. The van der Waals surface area contributed by atoms with Crippen LogP contribution in [0, 0.1) is 23.3 Å². The van der Waals surface area contributed by atoms with Crippen LogP contribution in [0.5, 0.6) is 0 Å². The molecule has 0 spiro atoms. The van der Waals surface area contributed by atoms with Gasteiger partial charge in [-0.2, -0.15) is 5.26 Å². The molecule has 2 unspecified atom stereocenters. The predicted octanol–water partition coefficient (Wildman–Crippen LogP) is 1.20. The quantitative estimate of drug-likeness (QED) is 0.762. The Kier molecular flexibility index (Phi) is 5.14. The van der Waals surface area contributed by atoms with E-state index in [1.165, 1.54) is 38.5 Å². The number of nitriles is 1. The van der Waals surface area contributed by atoms with E-state index in [0.29, 0.717) is 6.54 Å². The van der Waals surface area contributed by atoms with Crippen molar-refractivity contribution in [3.8, 4) is 6.19 Å². The van der Waals surface area contributed by atoms with Gasteiger partial charge in [0.1, 0.15) is 6.04 Å². The van der Waals surface area contributed by atoms with Crippen molar-refractivity contribution in [2.45, 2.75) is 57.2 Å². The van der Waals surface area contributed by atoms with Gasteiger partial charge in [-0.25, -0.2) is 0 Å². The van der Waals surface area contributed by atoms with Crippen LogP contribution in [-0.4, -0.2) is 72.1 Å². The number of piperazine rings is 2. The van der Waals surface area contributed by atoms with Gasteiger partial charge < -0.3 is 9.80 Å². The van der Waals surface area contributed by atoms with Gasteiger partial charge in [0, 0.05) is 32.7 Å². The van der Waals surface area contributed by atoms with Crippen molar-refractivity contribution in [1.29, 1.82) is 5.26 Å². The van der Waals surface area contributed by atoms with E-state index >= 15 is 0 Å². The third-order valence-electron chi connectivity index (χ3n) is 6.95. The molecule has 0 aromatic heterocycles. The third kappa shape index (κ3) is 3.50. The molecule has 0 aromatic carbocycles. The average Bonchev–Trinajstić information content (AvgIpc) is 2.69. The largest absolute Gasteiger partial charge is 0.324 e. The molecule has 4 aliphatic rings. The zero-order valence-electron chi connectivity index (χ0n) is 15.2. The second kappa shape index (κ2) is 7.51. The first-order valence-corrected chi connectivity index (χ1v) is 10.2. The minimum atomic E-state index is -0.125. The maximum absolute atomic E-state index is 13.0. The number of amides is 1. The van der Waals surface area contributed by atoms with Crippen LogP contribution in [0.2, 0.25) is 0 Å². The molecule has 4 fully saturated rings. The van der Waals surface area contributed by atoms with Gasteiger partial charge >= 0.3 is 0 Å². The van der Waals surface area contributed by atoms with E-state index in [9.17, 15) is 4.79 Å². The van der Waals surface area contributed by atoms with Crippen molar-refractivity contribution in [1.82, 2.24) is 20.0 Å². The average molecular weight is 345 g/mol. The van der Waals surface area contributed by atoms with Gasteiger partial charge in [-0.15, -0.1) is 0 Å². The first-order chi connectivity index (χ1) is 12.3. The van der Waals surface area contributed by atoms with E-state index in [2.05, 4.69) is 21.3 Å². The third-order valence-corrected chi connectivity index (χ3v) is 6.95. The Morgan fingerprint density at radius 2 is 1.76 bits per heavy atom. The summed E-state index contributed by atoms with van der Waals surface area (Å²) in [6, 6.07) is -0.125. The molecule has 138 valence electrons. The molecule has 3 heterocycles. The smallest absolute Gasteiger partial charge is 0.243 e. The topological polar surface area (TPSA) is 62.6 Å². The first-order valence-electron chi connectivity index (χ1n) is 10.2. The number of nitrogens with one attached hydrogen (secondary N) is 1. The minimum Gasteiger partial charge on any atom is -0.324 e. The van der Waals surface area contributed by atoms with Crippen molar-refractivity contribution < 1.29 is 4.79 Å². The van der Waals surface area contributed by atoms with Crippen LogP contribution in [0.3, 0.4) is 0 Å². The molecule has 0 bridgehead atoms. The highest BCUT2D eigenvalue weighted by Crippen LogP contribution is 2.34. The number of carbonyl (C=O) groups excluding carboxylic acids is 1. The van der Waals surface area contributed by atoms with Gasteiger partial charge in [0.15, 0.2) is 6.19 Å². The first kappa shape index (κ1) is 17.1. The number of nitrogens with zero attached hydrogens (tertiary/aromatic N) is 4. The van der Waals surface area contributed by atoms with Gasteiger partial charge in [-0.05, 0) is 24.7 Å². The molecule has 1 aliphatic carbocycles. The molecule has 1 amide bonds. The number of piperidine rings is 1.